The molecule has 1 aliphatic heterocycles. The van der Waals surface area contributed by atoms with Crippen LogP contribution in [0.5, 0.6) is 0 Å². The first-order valence-electron chi connectivity index (χ1n) is 6.45. The number of nitrogens with two attached hydrogens (primary N) is 1. The topological polar surface area (TPSA) is 38.5 Å². The second kappa shape index (κ2) is 6.71. The molecule has 1 atom stereocenters. The molecule has 2 N–H and O–H groups in total. The average molecular weight is 264 g/mol. The van der Waals surface area contributed by atoms with Crippen LogP contribution in [0.2, 0.25) is 0 Å². The van der Waals surface area contributed by atoms with Gasteiger partial charge in [0.25, 0.3) is 0 Å². The van der Waals surface area contributed by atoms with Crippen molar-refractivity contribution in [3.05, 3.63) is 30.3 Å². The molecule has 3 nitrogen and oxygen atoms in total. The molecular weight excluding hydrogens is 244 g/mol. The number of hydrogen-bond acceptors (Lipinski definition) is 3. The minimum Gasteiger partial charge on any atom is -0.393 e. The molecule has 0 saturated carbocycles. The van der Waals surface area contributed by atoms with Crippen molar-refractivity contribution in [1.29, 1.82) is 0 Å². The van der Waals surface area contributed by atoms with Crippen molar-refractivity contribution in [3.8, 4) is 0 Å². The van der Waals surface area contributed by atoms with Gasteiger partial charge in [-0.05, 0) is 25.0 Å². The quantitative estimate of drug-likeness (QED) is 0.829. The van der Waals surface area contributed by atoms with E-state index in [0.29, 0.717) is 11.0 Å². The molecule has 0 spiro atoms. The number of benzene rings is 1. The minimum atomic E-state index is 0.440. The van der Waals surface area contributed by atoms with Gasteiger partial charge in [0.2, 0.25) is 0 Å². The minimum absolute atomic E-state index is 0.440. The normalized spacial score (nSPS) is 19.4. The van der Waals surface area contributed by atoms with Crippen molar-refractivity contribution in [3.63, 3.8) is 0 Å². The lowest BCUT2D eigenvalue weighted by molar-refractivity contribution is 0.0794. The van der Waals surface area contributed by atoms with Crippen molar-refractivity contribution < 1.29 is 4.74 Å². The van der Waals surface area contributed by atoms with Gasteiger partial charge in [0.15, 0.2) is 0 Å². The van der Waals surface area contributed by atoms with E-state index in [1.165, 1.54) is 12.1 Å². The zero-order valence-electron chi connectivity index (χ0n) is 10.5. The summed E-state index contributed by atoms with van der Waals surface area (Å²) < 4.78 is 5.59. The Kier molecular flexibility index (Phi) is 4.96. The number of nitrogens with zero attached hydrogens (tertiary/aromatic N) is 1. The lowest BCUT2D eigenvalue weighted by Gasteiger charge is -2.36. The Hall–Kier alpha value is -1.13. The summed E-state index contributed by atoms with van der Waals surface area (Å²) in [4.78, 5) is 2.95. The van der Waals surface area contributed by atoms with Crippen LogP contribution in [0.25, 0.3) is 0 Å². The maximum atomic E-state index is 5.62. The molecule has 18 heavy (non-hydrogen) atoms. The Labute approximate surface area is 114 Å². The number of para-hydroxylation sites is 1. The Morgan fingerprint density at radius 2 is 2.17 bits per heavy atom. The van der Waals surface area contributed by atoms with E-state index >= 15 is 0 Å². The third-order valence-corrected chi connectivity index (χ3v) is 3.47. The molecular formula is C14H20N2OS. The second-order valence-corrected chi connectivity index (χ2v) is 5.14. The first kappa shape index (κ1) is 13.3. The first-order chi connectivity index (χ1) is 8.77. The van der Waals surface area contributed by atoms with Crippen LogP contribution in [0.1, 0.15) is 19.3 Å². The van der Waals surface area contributed by atoms with Crippen LogP contribution in [0.15, 0.2) is 30.3 Å². The highest BCUT2D eigenvalue weighted by molar-refractivity contribution is 7.80. The molecule has 1 unspecified atom stereocenters. The molecule has 4 heteroatoms. The van der Waals surface area contributed by atoms with Gasteiger partial charge in [-0.1, -0.05) is 30.4 Å². The zero-order valence-corrected chi connectivity index (χ0v) is 11.4. The van der Waals surface area contributed by atoms with E-state index in [4.69, 9.17) is 22.7 Å². The highest BCUT2D eigenvalue weighted by Crippen LogP contribution is 2.22. The Morgan fingerprint density at radius 1 is 1.39 bits per heavy atom. The van der Waals surface area contributed by atoms with Gasteiger partial charge in [0.1, 0.15) is 0 Å². The molecule has 0 amide bonds. The SMILES string of the molecule is NC(=S)CCN(c1ccccc1)C1CCCOC1. The number of anilines is 1. The van der Waals surface area contributed by atoms with Crippen molar-refractivity contribution in [2.75, 3.05) is 24.7 Å². The molecule has 98 valence electrons. The van der Waals surface area contributed by atoms with Gasteiger partial charge in [-0.25, -0.2) is 0 Å². The summed E-state index contributed by atoms with van der Waals surface area (Å²) in [7, 11) is 0. The van der Waals surface area contributed by atoms with Gasteiger partial charge >= 0.3 is 0 Å². The van der Waals surface area contributed by atoms with Crippen LogP contribution in [0, 0.1) is 0 Å². The molecule has 0 aliphatic carbocycles. The summed E-state index contributed by atoms with van der Waals surface area (Å²) in [5.41, 5.74) is 6.85. The van der Waals surface area contributed by atoms with Gasteiger partial charge in [-0.2, -0.15) is 0 Å². The Morgan fingerprint density at radius 3 is 2.78 bits per heavy atom. The predicted molar refractivity (Wildman–Crippen MR) is 79.0 cm³/mol. The summed E-state index contributed by atoms with van der Waals surface area (Å²) in [5, 5.41) is 0. The van der Waals surface area contributed by atoms with Crippen molar-refractivity contribution in [2.24, 2.45) is 5.73 Å². The van der Waals surface area contributed by atoms with E-state index in [1.54, 1.807) is 0 Å². The van der Waals surface area contributed by atoms with Crippen LogP contribution in [-0.2, 0) is 4.74 Å². The van der Waals surface area contributed by atoms with Gasteiger partial charge in [0, 0.05) is 25.3 Å². The van der Waals surface area contributed by atoms with E-state index in [1.807, 2.05) is 6.07 Å². The van der Waals surface area contributed by atoms with Crippen LogP contribution < -0.4 is 10.6 Å². The summed E-state index contributed by atoms with van der Waals surface area (Å²) in [6, 6.07) is 10.9. The van der Waals surface area contributed by atoms with Crippen molar-refractivity contribution in [2.45, 2.75) is 25.3 Å². The lowest BCUT2D eigenvalue weighted by Crippen LogP contribution is -2.42. The molecule has 1 aromatic rings. The van der Waals surface area contributed by atoms with Crippen LogP contribution >= 0.6 is 12.2 Å². The Balaban J connectivity index is 2.08. The largest absolute Gasteiger partial charge is 0.393 e. The predicted octanol–water partition coefficient (Wildman–Crippen LogP) is 2.35. The Bertz CT molecular complexity index is 377. The summed E-state index contributed by atoms with van der Waals surface area (Å²) in [6.07, 6.45) is 3.05. The molecule has 0 aromatic heterocycles. The molecule has 0 bridgehead atoms. The molecule has 0 radical (unpaired) electrons. The number of ether oxygens (including phenoxy) is 1. The highest BCUT2D eigenvalue weighted by atomic mass is 32.1. The summed E-state index contributed by atoms with van der Waals surface area (Å²) >= 11 is 4.99. The fourth-order valence-corrected chi connectivity index (χ4v) is 2.43. The number of rotatable bonds is 5. The average Bonchev–Trinajstić information content (AvgIpc) is 2.41. The third kappa shape index (κ3) is 3.68. The van der Waals surface area contributed by atoms with Crippen LogP contribution in [-0.4, -0.2) is 30.8 Å². The van der Waals surface area contributed by atoms with E-state index in [9.17, 15) is 0 Å². The van der Waals surface area contributed by atoms with Gasteiger partial charge in [-0.15, -0.1) is 0 Å². The van der Waals surface area contributed by atoms with E-state index in [0.717, 1.165) is 32.6 Å². The lowest BCUT2D eigenvalue weighted by atomic mass is 10.1. The van der Waals surface area contributed by atoms with Gasteiger partial charge < -0.3 is 15.4 Å². The van der Waals surface area contributed by atoms with E-state index in [-0.39, 0.29) is 0 Å². The van der Waals surface area contributed by atoms with Crippen molar-refractivity contribution >= 4 is 22.9 Å². The number of thiocarbonyl (C=S) groups is 1. The molecule has 1 aliphatic rings. The fraction of sp³-hybridized carbons (Fsp3) is 0.500. The molecule has 2 rings (SSSR count). The molecule has 1 aromatic carbocycles. The number of hydrogen-bond donors (Lipinski definition) is 1. The summed E-state index contributed by atoms with van der Waals surface area (Å²) in [6.45, 7) is 2.55. The zero-order chi connectivity index (χ0) is 12.8. The maximum Gasteiger partial charge on any atom is 0.0745 e. The summed E-state index contributed by atoms with van der Waals surface area (Å²) in [5.74, 6) is 0. The molecule has 1 fully saturated rings. The van der Waals surface area contributed by atoms with Crippen molar-refractivity contribution in [1.82, 2.24) is 0 Å². The fourth-order valence-electron chi connectivity index (χ4n) is 2.34. The standard InChI is InChI=1S/C14H20N2OS/c15-14(18)8-9-16(12-5-2-1-3-6-12)13-7-4-10-17-11-13/h1-3,5-6,13H,4,7-11H2,(H2,15,18). The maximum absolute atomic E-state index is 5.62. The monoisotopic (exact) mass is 264 g/mol. The van der Waals surface area contributed by atoms with Gasteiger partial charge in [0.05, 0.1) is 17.6 Å². The first-order valence-corrected chi connectivity index (χ1v) is 6.86. The van der Waals surface area contributed by atoms with Crippen LogP contribution in [0.3, 0.4) is 0 Å². The third-order valence-electron chi connectivity index (χ3n) is 3.26. The van der Waals surface area contributed by atoms with Gasteiger partial charge in [-0.3, -0.25) is 0 Å². The van der Waals surface area contributed by atoms with Crippen LogP contribution in [0.4, 0.5) is 5.69 Å². The van der Waals surface area contributed by atoms with E-state index < -0.39 is 0 Å². The van der Waals surface area contributed by atoms with E-state index in [2.05, 4.69) is 29.2 Å². The smallest absolute Gasteiger partial charge is 0.0745 e. The highest BCUT2D eigenvalue weighted by Gasteiger charge is 2.21. The second-order valence-electron chi connectivity index (χ2n) is 4.62. The molecule has 1 saturated heterocycles. The molecule has 1 heterocycles.